The van der Waals surface area contributed by atoms with Crippen LogP contribution in [0.4, 0.5) is 0 Å². The molecule has 0 radical (unpaired) electrons. The molecule has 0 atom stereocenters. The normalized spacial score (nSPS) is 11.9. The maximum Gasteiger partial charge on any atom is 1.00 e. The zero-order valence-corrected chi connectivity index (χ0v) is 16.1. The van der Waals surface area contributed by atoms with Gasteiger partial charge in [-0.2, -0.15) is 0 Å². The van der Waals surface area contributed by atoms with Crippen molar-refractivity contribution in [3.8, 4) is 11.4 Å². The average molecular weight is 461 g/mol. The Bertz CT molecular complexity index is 552. The van der Waals surface area contributed by atoms with E-state index in [1.165, 1.54) is 11.1 Å². The van der Waals surface area contributed by atoms with Gasteiger partial charge in [0.2, 0.25) is 0 Å². The van der Waals surface area contributed by atoms with E-state index in [1.54, 1.807) is 0 Å². The summed E-state index contributed by atoms with van der Waals surface area (Å²) in [6, 6.07) is 8.46. The van der Waals surface area contributed by atoms with Gasteiger partial charge in [-0.3, -0.25) is 9.97 Å². The summed E-state index contributed by atoms with van der Waals surface area (Å²) in [7, 11) is 0. The molecule has 2 rings (SSSR count). The predicted octanol–water partition coefficient (Wildman–Crippen LogP) is 4.74. The standard InChI is InChI=1S/C18H24N2.Ir/c1-17(2,3)13-7-9-19-15(11-13)16-12-14(8-10-20-16)18(4,5)6;/h7-12H,1-6H3;/q;+1. The van der Waals surface area contributed by atoms with Gasteiger partial charge in [-0.1, -0.05) is 41.5 Å². The fourth-order valence-corrected chi connectivity index (χ4v) is 2.07. The second-order valence-corrected chi connectivity index (χ2v) is 7.36. The number of hydrogen-bond acceptors (Lipinski definition) is 2. The molecule has 3 heteroatoms. The molecule has 0 aliphatic carbocycles. The molecule has 0 fully saturated rings. The zero-order chi connectivity index (χ0) is 15.0. The number of hydrogen-bond donors (Lipinski definition) is 0. The van der Waals surface area contributed by atoms with E-state index in [1.807, 2.05) is 12.4 Å². The third kappa shape index (κ3) is 4.46. The number of rotatable bonds is 1. The second-order valence-electron chi connectivity index (χ2n) is 7.36. The van der Waals surface area contributed by atoms with Crippen LogP contribution in [0.25, 0.3) is 11.4 Å². The summed E-state index contributed by atoms with van der Waals surface area (Å²) < 4.78 is 0. The Morgan fingerprint density at radius 1 is 0.667 bits per heavy atom. The summed E-state index contributed by atoms with van der Waals surface area (Å²) in [5.74, 6) is 0. The largest absolute Gasteiger partial charge is 1.00 e. The van der Waals surface area contributed by atoms with Crippen LogP contribution in [0.1, 0.15) is 52.7 Å². The van der Waals surface area contributed by atoms with E-state index in [-0.39, 0.29) is 30.9 Å². The topological polar surface area (TPSA) is 25.8 Å². The van der Waals surface area contributed by atoms with Gasteiger partial charge in [0.05, 0.1) is 11.4 Å². The first-order chi connectivity index (χ1) is 9.18. The Balaban J connectivity index is 0.00000220. The molecule has 0 aliphatic heterocycles. The van der Waals surface area contributed by atoms with Crippen molar-refractivity contribution in [1.29, 1.82) is 0 Å². The zero-order valence-electron chi connectivity index (χ0n) is 13.7. The third-order valence-electron chi connectivity index (χ3n) is 3.51. The van der Waals surface area contributed by atoms with Crippen molar-refractivity contribution < 1.29 is 20.1 Å². The molecule has 2 aromatic rings. The summed E-state index contributed by atoms with van der Waals surface area (Å²) in [5, 5.41) is 0. The molecular weight excluding hydrogens is 436 g/mol. The Morgan fingerprint density at radius 2 is 1.00 bits per heavy atom. The molecule has 0 spiro atoms. The fraction of sp³-hybridized carbons (Fsp3) is 0.444. The van der Waals surface area contributed by atoms with Crippen molar-refractivity contribution in [2.45, 2.75) is 52.4 Å². The molecule has 0 bridgehead atoms. The van der Waals surface area contributed by atoms with Gasteiger partial charge < -0.3 is 0 Å². The Hall–Kier alpha value is -1.05. The maximum absolute atomic E-state index is 4.48. The van der Waals surface area contributed by atoms with Crippen LogP contribution in [0.2, 0.25) is 0 Å². The Kier molecular flexibility index (Phi) is 5.46. The van der Waals surface area contributed by atoms with Gasteiger partial charge in [-0.25, -0.2) is 0 Å². The van der Waals surface area contributed by atoms with E-state index in [0.717, 1.165) is 11.4 Å². The van der Waals surface area contributed by atoms with Gasteiger partial charge in [0, 0.05) is 12.4 Å². The van der Waals surface area contributed by atoms with Gasteiger partial charge in [0.15, 0.2) is 0 Å². The van der Waals surface area contributed by atoms with Crippen LogP contribution < -0.4 is 0 Å². The van der Waals surface area contributed by atoms with Gasteiger partial charge in [-0.15, -0.1) is 0 Å². The molecule has 0 aliphatic rings. The fourth-order valence-electron chi connectivity index (χ4n) is 2.07. The van der Waals surface area contributed by atoms with Crippen molar-refractivity contribution in [2.75, 3.05) is 0 Å². The molecule has 0 aromatic carbocycles. The minimum absolute atomic E-state index is 0. The summed E-state index contributed by atoms with van der Waals surface area (Å²) in [4.78, 5) is 8.97. The smallest absolute Gasteiger partial charge is 0.255 e. The minimum Gasteiger partial charge on any atom is -0.255 e. The van der Waals surface area contributed by atoms with Crippen molar-refractivity contribution >= 4 is 0 Å². The average Bonchev–Trinajstić information content (AvgIpc) is 2.37. The first-order valence-electron chi connectivity index (χ1n) is 7.11. The molecule has 0 amide bonds. The van der Waals surface area contributed by atoms with Crippen molar-refractivity contribution in [1.82, 2.24) is 9.97 Å². The predicted molar refractivity (Wildman–Crippen MR) is 84.9 cm³/mol. The molecule has 0 saturated heterocycles. The van der Waals surface area contributed by atoms with Gasteiger partial charge >= 0.3 is 20.1 Å². The molecular formula is C18H24IrN2+. The van der Waals surface area contributed by atoms with E-state index >= 15 is 0 Å². The number of aromatic nitrogens is 2. The van der Waals surface area contributed by atoms with E-state index in [0.29, 0.717) is 0 Å². The van der Waals surface area contributed by atoms with Gasteiger partial charge in [0.1, 0.15) is 0 Å². The third-order valence-corrected chi connectivity index (χ3v) is 3.51. The maximum atomic E-state index is 4.48. The molecule has 0 saturated carbocycles. The summed E-state index contributed by atoms with van der Waals surface area (Å²) in [5.41, 5.74) is 4.71. The first kappa shape index (κ1) is 18.0. The molecule has 0 unspecified atom stereocenters. The van der Waals surface area contributed by atoms with Crippen LogP contribution in [0, 0.1) is 0 Å². The van der Waals surface area contributed by atoms with Crippen molar-refractivity contribution in [3.05, 3.63) is 47.8 Å². The first-order valence-corrected chi connectivity index (χ1v) is 7.11. The van der Waals surface area contributed by atoms with Crippen LogP contribution in [-0.2, 0) is 30.9 Å². The monoisotopic (exact) mass is 461 g/mol. The van der Waals surface area contributed by atoms with Gasteiger partial charge in [0.25, 0.3) is 0 Å². The molecule has 2 nitrogen and oxygen atoms in total. The molecule has 0 N–H and O–H groups in total. The van der Waals surface area contributed by atoms with E-state index < -0.39 is 0 Å². The second kappa shape index (κ2) is 6.37. The number of pyridine rings is 2. The Morgan fingerprint density at radius 3 is 1.29 bits per heavy atom. The van der Waals surface area contributed by atoms with Crippen LogP contribution >= 0.6 is 0 Å². The molecule has 114 valence electrons. The van der Waals surface area contributed by atoms with E-state index in [2.05, 4.69) is 75.8 Å². The summed E-state index contributed by atoms with van der Waals surface area (Å²) in [6.07, 6.45) is 3.75. The van der Waals surface area contributed by atoms with Crippen molar-refractivity contribution in [2.24, 2.45) is 0 Å². The molecule has 21 heavy (non-hydrogen) atoms. The van der Waals surface area contributed by atoms with E-state index in [4.69, 9.17) is 0 Å². The van der Waals surface area contributed by atoms with Gasteiger partial charge in [-0.05, 0) is 46.2 Å². The van der Waals surface area contributed by atoms with Crippen LogP contribution in [-0.4, -0.2) is 9.97 Å². The molecule has 2 aromatic heterocycles. The SMILES string of the molecule is CC(C)(C)c1ccnc(-c2cc(C(C)(C)C)ccn2)c1.[Ir+]. The van der Waals surface area contributed by atoms with Crippen LogP contribution in [0.15, 0.2) is 36.7 Å². The van der Waals surface area contributed by atoms with Crippen LogP contribution in [0.3, 0.4) is 0 Å². The van der Waals surface area contributed by atoms with Crippen LogP contribution in [0.5, 0.6) is 0 Å². The quantitative estimate of drug-likeness (QED) is 0.615. The molecule has 2 heterocycles. The summed E-state index contributed by atoms with van der Waals surface area (Å²) in [6.45, 7) is 13.3. The summed E-state index contributed by atoms with van der Waals surface area (Å²) >= 11 is 0. The minimum atomic E-state index is 0. The van der Waals surface area contributed by atoms with E-state index in [9.17, 15) is 0 Å². The number of nitrogens with zero attached hydrogens (tertiary/aromatic N) is 2. The van der Waals surface area contributed by atoms with Crippen molar-refractivity contribution in [3.63, 3.8) is 0 Å². The Labute approximate surface area is 141 Å².